The van der Waals surface area contributed by atoms with Gasteiger partial charge in [0.25, 0.3) is 0 Å². The molecule has 4 heteroatoms. The van der Waals surface area contributed by atoms with Crippen LogP contribution in [0.1, 0.15) is 46.0 Å². The Bertz CT molecular complexity index is 390. The molecular formula is C14H26ClN3. The first-order valence-corrected chi connectivity index (χ1v) is 7.12. The van der Waals surface area contributed by atoms with E-state index in [9.17, 15) is 0 Å². The highest BCUT2D eigenvalue weighted by Crippen LogP contribution is 2.27. The first-order chi connectivity index (χ1) is 8.31. The van der Waals surface area contributed by atoms with Gasteiger partial charge >= 0.3 is 0 Å². The van der Waals surface area contributed by atoms with Gasteiger partial charge in [0.05, 0.1) is 16.4 Å². The Labute approximate surface area is 116 Å². The molecule has 0 saturated carbocycles. The fraction of sp³-hybridized carbons (Fsp3) is 0.786. The molecule has 1 aromatic rings. The van der Waals surface area contributed by atoms with Crippen molar-refractivity contribution >= 4 is 11.6 Å². The number of nitrogens with zero attached hydrogens (tertiary/aromatic N) is 2. The summed E-state index contributed by atoms with van der Waals surface area (Å²) in [7, 11) is 1.98. The summed E-state index contributed by atoms with van der Waals surface area (Å²) in [6, 6.07) is 0.403. The summed E-state index contributed by atoms with van der Waals surface area (Å²) in [5.41, 5.74) is 2.34. The highest BCUT2D eigenvalue weighted by Gasteiger charge is 2.26. The van der Waals surface area contributed by atoms with Gasteiger partial charge in [0.15, 0.2) is 0 Å². The minimum Gasteiger partial charge on any atom is -0.313 e. The Hall–Kier alpha value is -0.540. The van der Waals surface area contributed by atoms with Crippen LogP contribution in [0.15, 0.2) is 0 Å². The fourth-order valence-electron chi connectivity index (χ4n) is 2.17. The summed E-state index contributed by atoms with van der Waals surface area (Å²) < 4.78 is 1.93. The SMILES string of the molecule is CCNC(Cc1c(Cl)c(CC)nn1C)C(C)(C)C. The van der Waals surface area contributed by atoms with Crippen LogP contribution in [-0.2, 0) is 19.9 Å². The van der Waals surface area contributed by atoms with Crippen LogP contribution in [-0.4, -0.2) is 22.4 Å². The summed E-state index contributed by atoms with van der Waals surface area (Å²) in [5.74, 6) is 0. The van der Waals surface area contributed by atoms with E-state index in [0.29, 0.717) is 6.04 Å². The van der Waals surface area contributed by atoms with Gasteiger partial charge in [-0.3, -0.25) is 4.68 Å². The molecule has 0 aliphatic heterocycles. The third kappa shape index (κ3) is 3.48. The van der Waals surface area contributed by atoms with Gasteiger partial charge in [0.1, 0.15) is 0 Å². The van der Waals surface area contributed by atoms with Crippen LogP contribution < -0.4 is 5.32 Å². The van der Waals surface area contributed by atoms with Gasteiger partial charge in [-0.1, -0.05) is 46.2 Å². The minimum absolute atomic E-state index is 0.204. The lowest BCUT2D eigenvalue weighted by Gasteiger charge is -2.31. The van der Waals surface area contributed by atoms with Crippen LogP contribution in [0.3, 0.4) is 0 Å². The summed E-state index contributed by atoms with van der Waals surface area (Å²) >= 11 is 6.41. The van der Waals surface area contributed by atoms with E-state index >= 15 is 0 Å². The quantitative estimate of drug-likeness (QED) is 0.891. The van der Waals surface area contributed by atoms with E-state index in [2.05, 4.69) is 45.0 Å². The van der Waals surface area contributed by atoms with Crippen molar-refractivity contribution in [3.63, 3.8) is 0 Å². The van der Waals surface area contributed by atoms with Crippen LogP contribution in [0.5, 0.6) is 0 Å². The van der Waals surface area contributed by atoms with E-state index in [4.69, 9.17) is 11.6 Å². The van der Waals surface area contributed by atoms with Gasteiger partial charge in [-0.2, -0.15) is 5.10 Å². The molecule has 0 aliphatic carbocycles. The Kier molecular flexibility index (Phi) is 5.23. The topological polar surface area (TPSA) is 29.9 Å². The summed E-state index contributed by atoms with van der Waals surface area (Å²) in [4.78, 5) is 0. The molecule has 1 atom stereocenters. The van der Waals surface area contributed by atoms with E-state index in [1.807, 2.05) is 11.7 Å². The molecule has 1 aromatic heterocycles. The number of likely N-dealkylation sites (N-methyl/N-ethyl adjacent to an activating group) is 1. The molecule has 0 aliphatic rings. The van der Waals surface area contributed by atoms with Gasteiger partial charge < -0.3 is 5.32 Å². The number of halogens is 1. The smallest absolute Gasteiger partial charge is 0.0850 e. The molecule has 0 aromatic carbocycles. The number of hydrogen-bond acceptors (Lipinski definition) is 2. The Morgan fingerprint density at radius 3 is 2.33 bits per heavy atom. The van der Waals surface area contributed by atoms with E-state index < -0.39 is 0 Å². The van der Waals surface area contributed by atoms with E-state index in [1.54, 1.807) is 0 Å². The van der Waals surface area contributed by atoms with Crippen molar-refractivity contribution in [1.29, 1.82) is 0 Å². The van der Waals surface area contributed by atoms with Crippen molar-refractivity contribution in [3.8, 4) is 0 Å². The zero-order chi connectivity index (χ0) is 13.9. The monoisotopic (exact) mass is 271 g/mol. The third-order valence-corrected chi connectivity index (χ3v) is 3.83. The molecule has 0 amide bonds. The Morgan fingerprint density at radius 2 is 1.94 bits per heavy atom. The van der Waals surface area contributed by atoms with Gasteiger partial charge in [0.2, 0.25) is 0 Å². The van der Waals surface area contributed by atoms with E-state index in [-0.39, 0.29) is 5.41 Å². The predicted molar refractivity (Wildman–Crippen MR) is 78.2 cm³/mol. The van der Waals surface area contributed by atoms with E-state index in [0.717, 1.165) is 35.8 Å². The molecule has 18 heavy (non-hydrogen) atoms. The molecule has 0 bridgehead atoms. The minimum atomic E-state index is 0.204. The van der Waals surface area contributed by atoms with Gasteiger partial charge in [-0.15, -0.1) is 0 Å². The number of aromatic nitrogens is 2. The molecule has 1 N–H and O–H groups in total. The maximum Gasteiger partial charge on any atom is 0.0850 e. The maximum atomic E-state index is 6.41. The number of aryl methyl sites for hydroxylation is 2. The normalized spacial score (nSPS) is 13.9. The second-order valence-electron chi connectivity index (χ2n) is 5.86. The summed E-state index contributed by atoms with van der Waals surface area (Å²) in [6.07, 6.45) is 1.80. The van der Waals surface area contributed by atoms with Crippen LogP contribution in [0.2, 0.25) is 5.02 Å². The predicted octanol–water partition coefficient (Wildman–Crippen LogP) is 3.20. The zero-order valence-electron chi connectivity index (χ0n) is 12.5. The molecule has 0 fully saturated rings. The zero-order valence-corrected chi connectivity index (χ0v) is 13.2. The second kappa shape index (κ2) is 6.07. The highest BCUT2D eigenvalue weighted by atomic mass is 35.5. The molecule has 0 saturated heterocycles. The maximum absolute atomic E-state index is 6.41. The average molecular weight is 272 g/mol. The number of hydrogen-bond donors (Lipinski definition) is 1. The van der Waals surface area contributed by atoms with Gasteiger partial charge in [-0.05, 0) is 18.4 Å². The second-order valence-corrected chi connectivity index (χ2v) is 6.24. The van der Waals surface area contributed by atoms with Gasteiger partial charge in [0, 0.05) is 19.5 Å². The molecule has 3 nitrogen and oxygen atoms in total. The molecule has 104 valence electrons. The van der Waals surface area contributed by atoms with Crippen LogP contribution >= 0.6 is 11.6 Å². The Balaban J connectivity index is 2.97. The van der Waals surface area contributed by atoms with Crippen molar-refractivity contribution in [3.05, 3.63) is 16.4 Å². The van der Waals surface area contributed by atoms with Crippen molar-refractivity contribution in [2.75, 3.05) is 6.54 Å². The average Bonchev–Trinajstić information content (AvgIpc) is 2.54. The van der Waals surface area contributed by atoms with E-state index in [1.165, 1.54) is 0 Å². The van der Waals surface area contributed by atoms with Crippen LogP contribution in [0, 0.1) is 5.41 Å². The highest BCUT2D eigenvalue weighted by molar-refractivity contribution is 6.31. The summed E-state index contributed by atoms with van der Waals surface area (Å²) in [5, 5.41) is 8.87. The third-order valence-electron chi connectivity index (χ3n) is 3.40. The first-order valence-electron chi connectivity index (χ1n) is 6.74. The number of nitrogens with one attached hydrogen (secondary N) is 1. The molecule has 1 heterocycles. The number of rotatable bonds is 5. The standard InChI is InChI=1S/C14H26ClN3/c1-7-10-13(15)11(18(6)17-10)9-12(16-8-2)14(3,4)5/h12,16H,7-9H2,1-6H3. The molecule has 0 spiro atoms. The molecule has 1 unspecified atom stereocenters. The molecule has 1 rings (SSSR count). The fourth-order valence-corrected chi connectivity index (χ4v) is 2.54. The summed E-state index contributed by atoms with van der Waals surface area (Å²) in [6.45, 7) is 12.0. The molecular weight excluding hydrogens is 246 g/mol. The Morgan fingerprint density at radius 1 is 1.33 bits per heavy atom. The van der Waals surface area contributed by atoms with Crippen molar-refractivity contribution in [2.45, 2.75) is 53.5 Å². The lowest BCUT2D eigenvalue weighted by molar-refractivity contribution is 0.266. The van der Waals surface area contributed by atoms with Gasteiger partial charge in [-0.25, -0.2) is 0 Å². The van der Waals surface area contributed by atoms with Crippen molar-refractivity contribution in [2.24, 2.45) is 12.5 Å². The lowest BCUT2D eigenvalue weighted by atomic mass is 9.84. The van der Waals surface area contributed by atoms with Crippen molar-refractivity contribution in [1.82, 2.24) is 15.1 Å². The van der Waals surface area contributed by atoms with Crippen LogP contribution in [0.4, 0.5) is 0 Å². The first kappa shape index (κ1) is 15.5. The largest absolute Gasteiger partial charge is 0.313 e. The van der Waals surface area contributed by atoms with Crippen molar-refractivity contribution < 1.29 is 0 Å². The van der Waals surface area contributed by atoms with Crippen LogP contribution in [0.25, 0.3) is 0 Å². The molecule has 0 radical (unpaired) electrons. The lowest BCUT2D eigenvalue weighted by Crippen LogP contribution is -2.42.